The normalized spacial score (nSPS) is 11.0. The van der Waals surface area contributed by atoms with Gasteiger partial charge < -0.3 is 0 Å². The van der Waals surface area contributed by atoms with Crippen LogP contribution in [-0.2, 0) is 10.2 Å². The zero-order valence-corrected chi connectivity index (χ0v) is 6.94. The predicted molar refractivity (Wildman–Crippen MR) is 48.1 cm³/mol. The van der Waals surface area contributed by atoms with E-state index < -0.39 is 6.29 Å². The van der Waals surface area contributed by atoms with Gasteiger partial charge in [0.1, 0.15) is 0 Å². The van der Waals surface area contributed by atoms with E-state index in [9.17, 15) is 10.2 Å². The van der Waals surface area contributed by atoms with E-state index in [1.165, 1.54) is 0 Å². The lowest BCUT2D eigenvalue weighted by Crippen LogP contribution is -1.91. The maximum atomic E-state index is 10.8. The lowest BCUT2D eigenvalue weighted by atomic mass is 10.0. The van der Waals surface area contributed by atoms with Crippen LogP contribution in [0.3, 0.4) is 0 Å². The number of fused-ring (bicyclic) bond motifs is 1. The topological polar surface area (TPSA) is 39.8 Å². The van der Waals surface area contributed by atoms with Gasteiger partial charge in [-0.05, 0) is 10.8 Å². The molecule has 0 heterocycles. The highest BCUT2D eigenvalue weighted by Crippen LogP contribution is 2.23. The molecule has 64 valence electrons. The molecule has 13 heavy (non-hydrogen) atoms. The molecular formula is C11H8O2. The van der Waals surface area contributed by atoms with Crippen molar-refractivity contribution in [3.8, 4) is 0 Å². The van der Waals surface area contributed by atoms with Crippen molar-refractivity contribution in [1.82, 2.24) is 0 Å². The molecule has 0 fully saturated rings. The summed E-state index contributed by atoms with van der Waals surface area (Å²) < 4.78 is 0. The Hall–Kier alpha value is -1.38. The molecule has 2 heteroatoms. The van der Waals surface area contributed by atoms with Crippen LogP contribution in [0.15, 0.2) is 42.5 Å². The van der Waals surface area contributed by atoms with Crippen molar-refractivity contribution in [2.45, 2.75) is 6.29 Å². The highest BCUT2D eigenvalue weighted by atomic mass is 16.5. The fourth-order valence-electron chi connectivity index (χ4n) is 1.46. The Bertz CT molecular complexity index is 416. The number of hydrogen-bond donors (Lipinski definition) is 0. The summed E-state index contributed by atoms with van der Waals surface area (Å²) in [6, 6.07) is 12.6. The van der Waals surface area contributed by atoms with E-state index in [-0.39, 0.29) is 0 Å². The van der Waals surface area contributed by atoms with Crippen LogP contribution in [0, 0.1) is 0 Å². The molecule has 0 aliphatic heterocycles. The molecule has 0 spiro atoms. The van der Waals surface area contributed by atoms with Gasteiger partial charge in [0, 0.05) is 5.56 Å². The van der Waals surface area contributed by atoms with Crippen LogP contribution in [0.4, 0.5) is 0 Å². The highest BCUT2D eigenvalue weighted by Gasteiger charge is 2.09. The Balaban J connectivity index is 2.76. The summed E-state index contributed by atoms with van der Waals surface area (Å²) in [5, 5.41) is 23.3. The Morgan fingerprint density at radius 1 is 0.846 bits per heavy atom. The Morgan fingerprint density at radius 3 is 2.31 bits per heavy atom. The minimum Gasteiger partial charge on any atom is -0.193 e. The molecule has 0 saturated heterocycles. The first kappa shape index (κ1) is 8.23. The van der Waals surface area contributed by atoms with Crippen LogP contribution < -0.4 is 0 Å². The van der Waals surface area contributed by atoms with Gasteiger partial charge in [-0.1, -0.05) is 42.5 Å². The first-order valence-corrected chi connectivity index (χ1v) is 4.08. The summed E-state index contributed by atoms with van der Waals surface area (Å²) in [4.78, 5) is 0. The van der Waals surface area contributed by atoms with Gasteiger partial charge in [0.05, 0.1) is 0 Å². The summed E-state index contributed by atoms with van der Waals surface area (Å²) in [6.45, 7) is 0. The lowest BCUT2D eigenvalue weighted by Gasteiger charge is -2.04. The van der Waals surface area contributed by atoms with Gasteiger partial charge in [-0.2, -0.15) is 10.2 Å². The summed E-state index contributed by atoms with van der Waals surface area (Å²) in [5.41, 5.74) is 0.332. The van der Waals surface area contributed by atoms with E-state index in [1.807, 2.05) is 24.3 Å². The fourth-order valence-corrected chi connectivity index (χ4v) is 1.46. The van der Waals surface area contributed by atoms with E-state index in [0.29, 0.717) is 5.56 Å². The SMILES string of the molecule is [O]C([O])c1cccc2ccccc12. The molecule has 0 atom stereocenters. The molecule has 0 bridgehead atoms. The standard InChI is InChI=1S/C11H8O2/c12-11(13)10-7-3-5-8-4-1-2-6-9(8)10/h1-7,11H. The lowest BCUT2D eigenvalue weighted by molar-refractivity contribution is -0.140. The molecule has 0 aromatic heterocycles. The van der Waals surface area contributed by atoms with Gasteiger partial charge in [0.2, 0.25) is 6.29 Å². The van der Waals surface area contributed by atoms with Crippen LogP contribution in [0.25, 0.3) is 10.8 Å². The van der Waals surface area contributed by atoms with E-state index in [2.05, 4.69) is 0 Å². The Morgan fingerprint density at radius 2 is 1.54 bits per heavy atom. The van der Waals surface area contributed by atoms with Gasteiger partial charge in [-0.25, -0.2) is 0 Å². The molecular weight excluding hydrogens is 164 g/mol. The Kier molecular flexibility index (Phi) is 2.00. The third-order valence-electron chi connectivity index (χ3n) is 2.08. The van der Waals surface area contributed by atoms with Gasteiger partial charge in [-0.15, -0.1) is 0 Å². The van der Waals surface area contributed by atoms with Crippen LogP contribution in [0.2, 0.25) is 0 Å². The molecule has 2 aromatic rings. The van der Waals surface area contributed by atoms with Crippen molar-refractivity contribution in [1.29, 1.82) is 0 Å². The smallest absolute Gasteiger partial charge is 0.193 e. The van der Waals surface area contributed by atoms with E-state index in [4.69, 9.17) is 0 Å². The second kappa shape index (κ2) is 3.17. The van der Waals surface area contributed by atoms with Gasteiger partial charge in [-0.3, -0.25) is 0 Å². The molecule has 2 rings (SSSR count). The number of hydrogen-bond acceptors (Lipinski definition) is 0. The van der Waals surface area contributed by atoms with Crippen molar-refractivity contribution in [2.75, 3.05) is 0 Å². The van der Waals surface area contributed by atoms with E-state index in [1.54, 1.807) is 18.2 Å². The summed E-state index contributed by atoms with van der Waals surface area (Å²) in [6.07, 6.45) is -1.90. The molecule has 2 aromatic carbocycles. The van der Waals surface area contributed by atoms with Gasteiger partial charge >= 0.3 is 0 Å². The van der Waals surface area contributed by atoms with Crippen molar-refractivity contribution >= 4 is 10.8 Å². The van der Waals surface area contributed by atoms with Gasteiger partial charge in [0.15, 0.2) is 0 Å². The number of benzene rings is 2. The van der Waals surface area contributed by atoms with E-state index in [0.717, 1.165) is 10.8 Å². The minimum absolute atomic E-state index is 0.332. The Labute approximate surface area is 76.1 Å². The zero-order chi connectivity index (χ0) is 9.26. The zero-order valence-electron chi connectivity index (χ0n) is 6.94. The molecule has 2 radical (unpaired) electrons. The molecule has 0 amide bonds. The third-order valence-corrected chi connectivity index (χ3v) is 2.08. The molecule has 0 unspecified atom stereocenters. The second-order valence-corrected chi connectivity index (χ2v) is 2.90. The molecule has 0 aliphatic carbocycles. The summed E-state index contributed by atoms with van der Waals surface area (Å²) in [7, 11) is 0. The molecule has 0 saturated carbocycles. The average Bonchev–Trinajstić information content (AvgIpc) is 2.17. The van der Waals surface area contributed by atoms with Crippen molar-refractivity contribution in [3.63, 3.8) is 0 Å². The van der Waals surface area contributed by atoms with Crippen molar-refractivity contribution in [2.24, 2.45) is 0 Å². The van der Waals surface area contributed by atoms with Crippen LogP contribution in [-0.4, -0.2) is 0 Å². The average molecular weight is 172 g/mol. The second-order valence-electron chi connectivity index (χ2n) is 2.90. The molecule has 2 nitrogen and oxygen atoms in total. The third kappa shape index (κ3) is 1.41. The predicted octanol–water partition coefficient (Wildman–Crippen LogP) is 2.70. The first-order valence-electron chi connectivity index (χ1n) is 4.08. The summed E-state index contributed by atoms with van der Waals surface area (Å²) in [5.74, 6) is 0. The maximum Gasteiger partial charge on any atom is 0.250 e. The first-order chi connectivity index (χ1) is 6.29. The largest absolute Gasteiger partial charge is 0.250 e. The summed E-state index contributed by atoms with van der Waals surface area (Å²) >= 11 is 0. The van der Waals surface area contributed by atoms with Gasteiger partial charge in [0.25, 0.3) is 0 Å². The maximum absolute atomic E-state index is 10.8. The van der Waals surface area contributed by atoms with Crippen LogP contribution in [0.1, 0.15) is 11.9 Å². The van der Waals surface area contributed by atoms with Crippen LogP contribution in [0.5, 0.6) is 0 Å². The van der Waals surface area contributed by atoms with E-state index >= 15 is 0 Å². The fraction of sp³-hybridized carbons (Fsp3) is 0.0909. The van der Waals surface area contributed by atoms with Crippen molar-refractivity contribution in [3.05, 3.63) is 48.0 Å². The molecule has 0 N–H and O–H groups in total. The monoisotopic (exact) mass is 172 g/mol. The number of rotatable bonds is 1. The quantitative estimate of drug-likeness (QED) is 0.593. The van der Waals surface area contributed by atoms with Crippen molar-refractivity contribution < 1.29 is 10.2 Å². The molecule has 0 aliphatic rings. The van der Waals surface area contributed by atoms with Crippen LogP contribution >= 0.6 is 0 Å². The minimum atomic E-state index is -1.90. The highest BCUT2D eigenvalue weighted by molar-refractivity contribution is 5.85.